The van der Waals surface area contributed by atoms with Gasteiger partial charge in [0.1, 0.15) is 17.2 Å². The van der Waals surface area contributed by atoms with Gasteiger partial charge in [0.05, 0.1) is 0 Å². The molecular formula is C24H24N2O4. The fourth-order valence-electron chi connectivity index (χ4n) is 2.65. The van der Waals surface area contributed by atoms with Crippen LogP contribution in [-0.4, -0.2) is 37.4 Å². The number of nitrogens with one attached hydrogen (secondary N) is 1. The summed E-state index contributed by atoms with van der Waals surface area (Å²) >= 11 is 0. The van der Waals surface area contributed by atoms with Crippen molar-refractivity contribution in [3.05, 3.63) is 90.0 Å². The third kappa shape index (κ3) is 6.10. The Bertz CT molecular complexity index is 968. The minimum Gasteiger partial charge on any atom is -0.484 e. The van der Waals surface area contributed by atoms with Gasteiger partial charge in [-0.25, -0.2) is 0 Å². The number of nitrogens with zero attached hydrogens (tertiary/aromatic N) is 1. The van der Waals surface area contributed by atoms with E-state index in [0.717, 1.165) is 11.3 Å². The Balaban J connectivity index is 1.43. The zero-order valence-electron chi connectivity index (χ0n) is 17.0. The van der Waals surface area contributed by atoms with Crippen molar-refractivity contribution in [2.45, 2.75) is 6.54 Å². The maximum atomic E-state index is 12.0. The lowest BCUT2D eigenvalue weighted by Gasteiger charge is -2.11. The lowest BCUT2D eigenvalue weighted by atomic mass is 10.1. The average Bonchev–Trinajstić information content (AvgIpc) is 2.77. The Morgan fingerprint density at radius 1 is 0.800 bits per heavy atom. The summed E-state index contributed by atoms with van der Waals surface area (Å²) in [4.78, 5) is 25.4. The fraction of sp³-hybridized carbons (Fsp3) is 0.167. The second kappa shape index (κ2) is 10.1. The first-order chi connectivity index (χ1) is 14.5. The monoisotopic (exact) mass is 404 g/mol. The summed E-state index contributed by atoms with van der Waals surface area (Å²) in [7, 11) is 3.42. The molecule has 0 saturated heterocycles. The van der Waals surface area contributed by atoms with Gasteiger partial charge in [-0.15, -0.1) is 0 Å². The van der Waals surface area contributed by atoms with Crippen molar-refractivity contribution in [3.8, 4) is 17.2 Å². The maximum absolute atomic E-state index is 12.0. The number of amides is 2. The van der Waals surface area contributed by atoms with Crippen LogP contribution in [0.4, 0.5) is 0 Å². The van der Waals surface area contributed by atoms with Crippen LogP contribution < -0.4 is 14.8 Å². The molecule has 3 rings (SSSR count). The largest absolute Gasteiger partial charge is 0.484 e. The molecule has 0 saturated carbocycles. The molecule has 0 heterocycles. The second-order valence-corrected chi connectivity index (χ2v) is 6.85. The quantitative estimate of drug-likeness (QED) is 0.619. The van der Waals surface area contributed by atoms with Crippen LogP contribution in [0.1, 0.15) is 15.9 Å². The molecule has 0 fully saturated rings. The first-order valence-electron chi connectivity index (χ1n) is 9.54. The Morgan fingerprint density at radius 3 is 2.03 bits per heavy atom. The van der Waals surface area contributed by atoms with Crippen LogP contribution in [0.25, 0.3) is 0 Å². The van der Waals surface area contributed by atoms with Crippen molar-refractivity contribution < 1.29 is 19.1 Å². The van der Waals surface area contributed by atoms with Gasteiger partial charge in [0.2, 0.25) is 0 Å². The highest BCUT2D eigenvalue weighted by Crippen LogP contribution is 2.23. The summed E-state index contributed by atoms with van der Waals surface area (Å²) in [6.07, 6.45) is 0. The predicted molar refractivity (Wildman–Crippen MR) is 115 cm³/mol. The number of hydrogen-bond donors (Lipinski definition) is 1. The van der Waals surface area contributed by atoms with E-state index < -0.39 is 0 Å². The molecule has 0 aliphatic rings. The van der Waals surface area contributed by atoms with E-state index in [1.165, 1.54) is 4.90 Å². The third-order valence-corrected chi connectivity index (χ3v) is 4.27. The van der Waals surface area contributed by atoms with E-state index in [4.69, 9.17) is 9.47 Å². The summed E-state index contributed by atoms with van der Waals surface area (Å²) < 4.78 is 11.2. The standard InChI is InChI=1S/C24H24N2O4/c1-26(2)24(28)19-10-8-18(9-11-19)16-25-23(27)17-29-20-12-14-22(15-13-20)30-21-6-4-3-5-7-21/h3-15H,16-17H2,1-2H3,(H,25,27). The van der Waals surface area contributed by atoms with Crippen molar-refractivity contribution in [3.63, 3.8) is 0 Å². The van der Waals surface area contributed by atoms with Gasteiger partial charge < -0.3 is 19.7 Å². The molecule has 0 unspecified atom stereocenters. The molecule has 0 atom stereocenters. The highest BCUT2D eigenvalue weighted by atomic mass is 16.5. The van der Waals surface area contributed by atoms with Gasteiger partial charge >= 0.3 is 0 Å². The van der Waals surface area contributed by atoms with Gasteiger partial charge in [-0.3, -0.25) is 9.59 Å². The zero-order valence-corrected chi connectivity index (χ0v) is 17.0. The Kier molecular flexibility index (Phi) is 7.05. The third-order valence-electron chi connectivity index (χ3n) is 4.27. The van der Waals surface area contributed by atoms with Gasteiger partial charge in [-0.2, -0.15) is 0 Å². The maximum Gasteiger partial charge on any atom is 0.258 e. The SMILES string of the molecule is CN(C)C(=O)c1ccc(CNC(=O)COc2ccc(Oc3ccccc3)cc2)cc1. The highest BCUT2D eigenvalue weighted by molar-refractivity contribution is 5.93. The van der Waals surface area contributed by atoms with Crippen LogP contribution in [0.2, 0.25) is 0 Å². The predicted octanol–water partition coefficient (Wildman–Crippen LogP) is 3.88. The van der Waals surface area contributed by atoms with Crippen LogP contribution in [0, 0.1) is 0 Å². The van der Waals surface area contributed by atoms with Crippen molar-refractivity contribution in [1.29, 1.82) is 0 Å². The number of para-hydroxylation sites is 1. The Labute approximate surface area is 176 Å². The van der Waals surface area contributed by atoms with Crippen molar-refractivity contribution >= 4 is 11.8 Å². The molecule has 0 aliphatic heterocycles. The van der Waals surface area contributed by atoms with E-state index in [9.17, 15) is 9.59 Å². The molecule has 6 heteroatoms. The molecule has 154 valence electrons. The Morgan fingerprint density at radius 2 is 1.40 bits per heavy atom. The van der Waals surface area contributed by atoms with Gasteiger partial charge in [0.15, 0.2) is 6.61 Å². The summed E-state index contributed by atoms with van der Waals surface area (Å²) in [6, 6.07) is 23.7. The number of carbonyl (C=O) groups is 2. The van der Waals surface area contributed by atoms with Crippen molar-refractivity contribution in [1.82, 2.24) is 10.2 Å². The topological polar surface area (TPSA) is 67.9 Å². The van der Waals surface area contributed by atoms with Crippen LogP contribution >= 0.6 is 0 Å². The molecule has 0 bridgehead atoms. The lowest BCUT2D eigenvalue weighted by molar-refractivity contribution is -0.123. The van der Waals surface area contributed by atoms with E-state index in [1.807, 2.05) is 42.5 Å². The van der Waals surface area contributed by atoms with E-state index in [1.54, 1.807) is 50.5 Å². The fourth-order valence-corrected chi connectivity index (χ4v) is 2.65. The number of benzene rings is 3. The Hall–Kier alpha value is -3.80. The number of rotatable bonds is 8. The average molecular weight is 404 g/mol. The van der Waals surface area contributed by atoms with Crippen molar-refractivity contribution in [2.75, 3.05) is 20.7 Å². The zero-order chi connectivity index (χ0) is 21.3. The molecule has 30 heavy (non-hydrogen) atoms. The lowest BCUT2D eigenvalue weighted by Crippen LogP contribution is -2.28. The first-order valence-corrected chi connectivity index (χ1v) is 9.54. The van der Waals surface area contributed by atoms with Crippen LogP contribution in [0.5, 0.6) is 17.2 Å². The van der Waals surface area contributed by atoms with E-state index in [0.29, 0.717) is 23.6 Å². The minimum atomic E-state index is -0.229. The summed E-state index contributed by atoms with van der Waals surface area (Å²) in [5.41, 5.74) is 1.51. The van der Waals surface area contributed by atoms with E-state index in [2.05, 4.69) is 5.32 Å². The molecule has 0 spiro atoms. The summed E-state index contributed by atoms with van der Waals surface area (Å²) in [5.74, 6) is 1.74. The molecule has 3 aromatic carbocycles. The van der Waals surface area contributed by atoms with E-state index >= 15 is 0 Å². The first kappa shape index (κ1) is 20.9. The molecular weight excluding hydrogens is 380 g/mol. The molecule has 6 nitrogen and oxygen atoms in total. The summed E-state index contributed by atoms with van der Waals surface area (Å²) in [6.45, 7) is 0.276. The minimum absolute atomic E-state index is 0.0563. The molecule has 3 aromatic rings. The van der Waals surface area contributed by atoms with E-state index in [-0.39, 0.29) is 18.4 Å². The van der Waals surface area contributed by atoms with Gasteiger partial charge in [0.25, 0.3) is 11.8 Å². The van der Waals surface area contributed by atoms with Gasteiger partial charge in [0, 0.05) is 26.2 Å². The number of hydrogen-bond acceptors (Lipinski definition) is 4. The van der Waals surface area contributed by atoms with Gasteiger partial charge in [-0.05, 0) is 54.1 Å². The summed E-state index contributed by atoms with van der Waals surface area (Å²) in [5, 5.41) is 2.80. The number of ether oxygens (including phenoxy) is 2. The van der Waals surface area contributed by atoms with Crippen LogP contribution in [0.15, 0.2) is 78.9 Å². The smallest absolute Gasteiger partial charge is 0.258 e. The molecule has 0 aromatic heterocycles. The highest BCUT2D eigenvalue weighted by Gasteiger charge is 2.08. The van der Waals surface area contributed by atoms with Crippen LogP contribution in [0.3, 0.4) is 0 Å². The van der Waals surface area contributed by atoms with Crippen molar-refractivity contribution in [2.24, 2.45) is 0 Å². The molecule has 1 N–H and O–H groups in total. The number of carbonyl (C=O) groups excluding carboxylic acids is 2. The molecule has 2 amide bonds. The molecule has 0 aliphatic carbocycles. The normalized spacial score (nSPS) is 10.2. The van der Waals surface area contributed by atoms with Crippen LogP contribution in [-0.2, 0) is 11.3 Å². The molecule has 0 radical (unpaired) electrons. The van der Waals surface area contributed by atoms with Gasteiger partial charge in [-0.1, -0.05) is 30.3 Å². The second-order valence-electron chi connectivity index (χ2n) is 6.85.